The van der Waals surface area contributed by atoms with Crippen molar-refractivity contribution < 1.29 is 28.9 Å². The SMILES string of the molecule is COc1ccc(CN2C(=O)C(=O)/C(=C(\O)c3ccc4c(c3)OCO4)C2c2cccs2)cc1. The van der Waals surface area contributed by atoms with Crippen molar-refractivity contribution in [3.05, 3.63) is 81.6 Å². The number of ether oxygens (including phenoxy) is 3. The smallest absolute Gasteiger partial charge is 0.295 e. The molecular formula is C24H19NO6S. The Balaban J connectivity index is 1.57. The molecule has 8 heteroatoms. The summed E-state index contributed by atoms with van der Waals surface area (Å²) in [7, 11) is 1.58. The lowest BCUT2D eigenvalue weighted by Crippen LogP contribution is -2.28. The summed E-state index contributed by atoms with van der Waals surface area (Å²) in [5.74, 6) is 0.143. The second kappa shape index (κ2) is 8.05. The summed E-state index contributed by atoms with van der Waals surface area (Å²) in [6.45, 7) is 0.316. The molecule has 2 aromatic carbocycles. The average molecular weight is 449 g/mol. The van der Waals surface area contributed by atoms with Crippen molar-refractivity contribution in [3.8, 4) is 17.2 Å². The van der Waals surface area contributed by atoms with Gasteiger partial charge in [-0.05, 0) is 47.3 Å². The molecule has 5 rings (SSSR count). The van der Waals surface area contributed by atoms with Gasteiger partial charge in [-0.2, -0.15) is 0 Å². The largest absolute Gasteiger partial charge is 0.507 e. The fourth-order valence-corrected chi connectivity index (χ4v) is 4.76. The number of methoxy groups -OCH3 is 1. The number of benzene rings is 2. The van der Waals surface area contributed by atoms with Gasteiger partial charge < -0.3 is 24.2 Å². The van der Waals surface area contributed by atoms with E-state index >= 15 is 0 Å². The number of amides is 1. The van der Waals surface area contributed by atoms with Crippen LogP contribution in [0.1, 0.15) is 22.0 Å². The number of hydrogen-bond donors (Lipinski definition) is 1. The summed E-state index contributed by atoms with van der Waals surface area (Å²) < 4.78 is 15.9. The Kier molecular flexibility index (Phi) is 5.07. The number of aliphatic hydroxyl groups is 1. The van der Waals surface area contributed by atoms with Gasteiger partial charge in [0.15, 0.2) is 11.5 Å². The van der Waals surface area contributed by atoms with Crippen LogP contribution < -0.4 is 14.2 Å². The minimum atomic E-state index is -0.716. The number of likely N-dealkylation sites (tertiary alicyclic amines) is 1. The number of ketones is 1. The van der Waals surface area contributed by atoms with Gasteiger partial charge in [-0.1, -0.05) is 18.2 Å². The monoisotopic (exact) mass is 449 g/mol. The predicted molar refractivity (Wildman–Crippen MR) is 118 cm³/mol. The Morgan fingerprint density at radius 2 is 1.91 bits per heavy atom. The number of rotatable bonds is 5. The normalized spacial score (nSPS) is 18.9. The van der Waals surface area contributed by atoms with Gasteiger partial charge in [0, 0.05) is 17.0 Å². The third-order valence-corrected chi connectivity index (χ3v) is 6.44. The first-order valence-corrected chi connectivity index (χ1v) is 10.8. The maximum atomic E-state index is 13.1. The quantitative estimate of drug-likeness (QED) is 0.359. The van der Waals surface area contributed by atoms with Crippen molar-refractivity contribution in [2.45, 2.75) is 12.6 Å². The molecule has 3 heterocycles. The number of thiophene rings is 1. The summed E-state index contributed by atoms with van der Waals surface area (Å²) in [6.07, 6.45) is 0. The van der Waals surface area contributed by atoms with Crippen molar-refractivity contribution in [1.82, 2.24) is 4.90 Å². The van der Waals surface area contributed by atoms with Gasteiger partial charge in [0.25, 0.3) is 11.7 Å². The number of Topliss-reactive ketones (excluding diaryl/α,β-unsaturated/α-hetero) is 1. The van der Waals surface area contributed by atoms with Crippen LogP contribution in [-0.4, -0.2) is 35.6 Å². The molecule has 3 aromatic rings. The first-order chi connectivity index (χ1) is 15.6. The van der Waals surface area contributed by atoms with Crippen molar-refractivity contribution in [2.24, 2.45) is 0 Å². The summed E-state index contributed by atoms with van der Waals surface area (Å²) in [5, 5.41) is 13.0. The molecule has 1 unspecified atom stereocenters. The lowest BCUT2D eigenvalue weighted by Gasteiger charge is -2.24. The van der Waals surface area contributed by atoms with E-state index in [1.807, 2.05) is 29.6 Å². The molecule has 0 bridgehead atoms. The molecular weight excluding hydrogens is 430 g/mol. The number of carbonyl (C=O) groups excluding carboxylic acids is 2. The van der Waals surface area contributed by atoms with Crippen LogP contribution in [0.3, 0.4) is 0 Å². The van der Waals surface area contributed by atoms with E-state index in [0.29, 0.717) is 22.8 Å². The second-order valence-corrected chi connectivity index (χ2v) is 8.34. The van der Waals surface area contributed by atoms with Crippen LogP contribution in [0, 0.1) is 0 Å². The molecule has 0 spiro atoms. The number of hydrogen-bond acceptors (Lipinski definition) is 7. The molecule has 2 aliphatic heterocycles. The second-order valence-electron chi connectivity index (χ2n) is 7.36. The fraction of sp³-hybridized carbons (Fsp3) is 0.167. The van der Waals surface area contributed by atoms with Crippen LogP contribution in [0.2, 0.25) is 0 Å². The first kappa shape index (κ1) is 20.1. The highest BCUT2D eigenvalue weighted by Crippen LogP contribution is 2.43. The van der Waals surface area contributed by atoms with Gasteiger partial charge in [0.1, 0.15) is 11.5 Å². The minimum Gasteiger partial charge on any atom is -0.507 e. The Hall–Kier alpha value is -3.78. The third-order valence-electron chi connectivity index (χ3n) is 5.51. The maximum Gasteiger partial charge on any atom is 0.295 e. The lowest BCUT2D eigenvalue weighted by atomic mass is 9.99. The van der Waals surface area contributed by atoms with Gasteiger partial charge in [0.2, 0.25) is 6.79 Å². The van der Waals surface area contributed by atoms with Crippen molar-refractivity contribution in [3.63, 3.8) is 0 Å². The molecule has 7 nitrogen and oxygen atoms in total. The van der Waals surface area contributed by atoms with Crippen LogP contribution in [0.5, 0.6) is 17.2 Å². The molecule has 162 valence electrons. The van der Waals surface area contributed by atoms with E-state index in [2.05, 4.69) is 0 Å². The van der Waals surface area contributed by atoms with E-state index in [1.54, 1.807) is 37.4 Å². The molecule has 1 fully saturated rings. The highest BCUT2D eigenvalue weighted by molar-refractivity contribution is 7.10. The summed E-state index contributed by atoms with van der Waals surface area (Å²) in [4.78, 5) is 28.4. The fourth-order valence-electron chi connectivity index (χ4n) is 3.91. The Morgan fingerprint density at radius 1 is 1.12 bits per heavy atom. The molecule has 0 aliphatic carbocycles. The zero-order chi connectivity index (χ0) is 22.2. The van der Waals surface area contributed by atoms with Crippen molar-refractivity contribution >= 4 is 28.8 Å². The number of aliphatic hydroxyl groups excluding tert-OH is 1. The molecule has 1 aromatic heterocycles. The highest BCUT2D eigenvalue weighted by atomic mass is 32.1. The Morgan fingerprint density at radius 3 is 2.62 bits per heavy atom. The van der Waals surface area contributed by atoms with E-state index in [1.165, 1.54) is 16.2 Å². The molecule has 2 aliphatic rings. The molecule has 1 saturated heterocycles. The molecule has 1 atom stereocenters. The molecule has 1 N–H and O–H groups in total. The Bertz CT molecular complexity index is 1220. The molecule has 0 saturated carbocycles. The van der Waals surface area contributed by atoms with E-state index in [0.717, 1.165) is 10.4 Å². The number of carbonyl (C=O) groups is 2. The van der Waals surface area contributed by atoms with Crippen LogP contribution in [0.25, 0.3) is 5.76 Å². The maximum absolute atomic E-state index is 13.1. The van der Waals surface area contributed by atoms with Gasteiger partial charge in [-0.25, -0.2) is 0 Å². The van der Waals surface area contributed by atoms with Crippen LogP contribution in [0.4, 0.5) is 0 Å². The van der Waals surface area contributed by atoms with Gasteiger partial charge in [0.05, 0.1) is 18.7 Å². The molecule has 0 radical (unpaired) electrons. The summed E-state index contributed by atoms with van der Waals surface area (Å²) in [5.41, 5.74) is 1.29. The van der Waals surface area contributed by atoms with Gasteiger partial charge in [-0.3, -0.25) is 9.59 Å². The van der Waals surface area contributed by atoms with Crippen LogP contribution >= 0.6 is 11.3 Å². The highest BCUT2D eigenvalue weighted by Gasteiger charge is 2.46. The van der Waals surface area contributed by atoms with Crippen LogP contribution in [-0.2, 0) is 16.1 Å². The predicted octanol–water partition coefficient (Wildman–Crippen LogP) is 4.11. The average Bonchev–Trinajstić information content (AvgIpc) is 3.55. The van der Waals surface area contributed by atoms with Crippen molar-refractivity contribution in [2.75, 3.05) is 13.9 Å². The van der Waals surface area contributed by atoms with Crippen LogP contribution in [0.15, 0.2) is 65.6 Å². The topological polar surface area (TPSA) is 85.3 Å². The van der Waals surface area contributed by atoms with E-state index in [4.69, 9.17) is 14.2 Å². The molecule has 1 amide bonds. The van der Waals surface area contributed by atoms with Gasteiger partial charge >= 0.3 is 0 Å². The zero-order valence-electron chi connectivity index (χ0n) is 17.1. The van der Waals surface area contributed by atoms with Gasteiger partial charge in [-0.15, -0.1) is 11.3 Å². The zero-order valence-corrected chi connectivity index (χ0v) is 17.9. The Labute approximate surface area is 188 Å². The lowest BCUT2D eigenvalue weighted by molar-refractivity contribution is -0.140. The summed E-state index contributed by atoms with van der Waals surface area (Å²) in [6, 6.07) is 15.3. The third kappa shape index (κ3) is 3.38. The molecule has 32 heavy (non-hydrogen) atoms. The minimum absolute atomic E-state index is 0.0600. The number of nitrogens with zero attached hydrogens (tertiary/aromatic N) is 1. The number of fused-ring (bicyclic) bond motifs is 1. The van der Waals surface area contributed by atoms with E-state index in [-0.39, 0.29) is 24.7 Å². The summed E-state index contributed by atoms with van der Waals surface area (Å²) >= 11 is 1.43. The standard InChI is InChI=1S/C24H19NO6S/c1-29-16-7-4-14(5-8-16)12-25-21(19-3-2-10-32-19)20(23(27)24(25)28)22(26)15-6-9-17-18(11-15)31-13-30-17/h2-11,21,26H,12-13H2,1H3/b22-20-. The van der Waals surface area contributed by atoms with E-state index in [9.17, 15) is 14.7 Å². The first-order valence-electron chi connectivity index (χ1n) is 9.91. The van der Waals surface area contributed by atoms with Crippen molar-refractivity contribution in [1.29, 1.82) is 0 Å². The van der Waals surface area contributed by atoms with E-state index < -0.39 is 17.7 Å².